The van der Waals surface area contributed by atoms with E-state index in [1.807, 2.05) is 6.07 Å². The average Bonchev–Trinajstić information content (AvgIpc) is 2.17. The van der Waals surface area contributed by atoms with Gasteiger partial charge in [0.2, 0.25) is 5.91 Å². The molecule has 0 aromatic heterocycles. The Kier molecular flexibility index (Phi) is 6.72. The molecule has 0 bridgehead atoms. The van der Waals surface area contributed by atoms with Gasteiger partial charge in [0.1, 0.15) is 0 Å². The van der Waals surface area contributed by atoms with Crippen molar-refractivity contribution in [3.63, 3.8) is 0 Å². The van der Waals surface area contributed by atoms with Crippen LogP contribution in [0, 0.1) is 0 Å². The second-order valence-corrected chi connectivity index (χ2v) is 2.94. The SMILES string of the molecule is CC(=O)NC(=Cc1ccccc1)C(=O)[O-].[Na+]. The molecular formula is C11H10NNaO3. The standard InChI is InChI=1S/C11H11NO3.Na/c1-8(13)12-10(11(14)15)7-9-5-3-2-4-6-9;/h2-7H,1H3,(H,12,13)(H,14,15);/q;+1/p-1. The van der Waals surface area contributed by atoms with Crippen molar-refractivity contribution < 1.29 is 44.3 Å². The van der Waals surface area contributed by atoms with Crippen molar-refractivity contribution in [2.75, 3.05) is 0 Å². The largest absolute Gasteiger partial charge is 1.00 e. The van der Waals surface area contributed by atoms with E-state index in [1.54, 1.807) is 24.3 Å². The molecule has 1 amide bonds. The van der Waals surface area contributed by atoms with Crippen molar-refractivity contribution in [3.05, 3.63) is 41.6 Å². The van der Waals surface area contributed by atoms with E-state index in [0.717, 1.165) is 0 Å². The first-order chi connectivity index (χ1) is 7.09. The molecule has 0 unspecified atom stereocenters. The molecule has 0 aliphatic carbocycles. The van der Waals surface area contributed by atoms with Gasteiger partial charge < -0.3 is 15.2 Å². The summed E-state index contributed by atoms with van der Waals surface area (Å²) in [7, 11) is 0. The minimum Gasteiger partial charge on any atom is -0.543 e. The number of benzene rings is 1. The Bertz CT molecular complexity index is 401. The summed E-state index contributed by atoms with van der Waals surface area (Å²) >= 11 is 0. The number of rotatable bonds is 3. The monoisotopic (exact) mass is 227 g/mol. The molecule has 0 fully saturated rings. The zero-order valence-electron chi connectivity index (χ0n) is 9.19. The summed E-state index contributed by atoms with van der Waals surface area (Å²) in [5.41, 5.74) is 0.444. The fraction of sp³-hybridized carbons (Fsp3) is 0.0909. The Morgan fingerprint density at radius 1 is 1.25 bits per heavy atom. The molecule has 0 spiro atoms. The van der Waals surface area contributed by atoms with Crippen LogP contribution in [0.2, 0.25) is 0 Å². The molecule has 0 aliphatic rings. The number of nitrogens with one attached hydrogen (secondary N) is 1. The Morgan fingerprint density at radius 3 is 2.25 bits per heavy atom. The Labute approximate surface area is 116 Å². The van der Waals surface area contributed by atoms with Crippen LogP contribution in [0.15, 0.2) is 36.0 Å². The van der Waals surface area contributed by atoms with Crippen molar-refractivity contribution in [1.82, 2.24) is 5.32 Å². The molecule has 4 nitrogen and oxygen atoms in total. The van der Waals surface area contributed by atoms with Gasteiger partial charge in [-0.2, -0.15) is 0 Å². The number of amides is 1. The van der Waals surface area contributed by atoms with Gasteiger partial charge >= 0.3 is 29.6 Å². The molecule has 0 atom stereocenters. The van der Waals surface area contributed by atoms with Gasteiger partial charge in [-0.05, 0) is 11.6 Å². The molecule has 0 heterocycles. The third-order valence-electron chi connectivity index (χ3n) is 1.64. The molecule has 1 N–H and O–H groups in total. The predicted molar refractivity (Wildman–Crippen MR) is 53.2 cm³/mol. The summed E-state index contributed by atoms with van der Waals surface area (Å²) in [6, 6.07) is 8.81. The van der Waals surface area contributed by atoms with Gasteiger partial charge in [0, 0.05) is 6.92 Å². The number of carboxylic acids is 1. The van der Waals surface area contributed by atoms with Crippen molar-refractivity contribution in [2.45, 2.75) is 6.92 Å². The number of hydrogen-bond donors (Lipinski definition) is 1. The Hall–Kier alpha value is -1.10. The molecule has 0 aliphatic heterocycles. The van der Waals surface area contributed by atoms with E-state index in [1.165, 1.54) is 13.0 Å². The molecule has 1 aromatic rings. The maximum atomic E-state index is 10.7. The minimum atomic E-state index is -1.41. The van der Waals surface area contributed by atoms with Gasteiger partial charge in [-0.15, -0.1) is 0 Å². The normalized spacial score (nSPS) is 10.2. The van der Waals surface area contributed by atoms with Gasteiger partial charge in [0.25, 0.3) is 0 Å². The van der Waals surface area contributed by atoms with Gasteiger partial charge in [-0.3, -0.25) is 4.79 Å². The van der Waals surface area contributed by atoms with E-state index in [9.17, 15) is 14.7 Å². The van der Waals surface area contributed by atoms with Crippen LogP contribution in [0.25, 0.3) is 6.08 Å². The predicted octanol–water partition coefficient (Wildman–Crippen LogP) is -3.08. The molecule has 1 rings (SSSR count). The molecule has 0 saturated heterocycles. The van der Waals surface area contributed by atoms with E-state index in [4.69, 9.17) is 0 Å². The van der Waals surface area contributed by atoms with Crippen LogP contribution in [0.3, 0.4) is 0 Å². The van der Waals surface area contributed by atoms with Crippen LogP contribution >= 0.6 is 0 Å². The summed E-state index contributed by atoms with van der Waals surface area (Å²) in [5, 5.41) is 12.8. The molecule has 78 valence electrons. The summed E-state index contributed by atoms with van der Waals surface area (Å²) in [6.07, 6.45) is 1.34. The van der Waals surface area contributed by atoms with Crippen molar-refractivity contribution in [3.8, 4) is 0 Å². The van der Waals surface area contributed by atoms with Crippen molar-refractivity contribution in [2.24, 2.45) is 0 Å². The maximum absolute atomic E-state index is 10.7. The summed E-state index contributed by atoms with van der Waals surface area (Å²) < 4.78 is 0. The quantitative estimate of drug-likeness (QED) is 0.440. The number of carbonyl (C=O) groups excluding carboxylic acids is 2. The third kappa shape index (κ3) is 5.11. The first kappa shape index (κ1) is 14.9. The van der Waals surface area contributed by atoms with E-state index in [0.29, 0.717) is 5.56 Å². The van der Waals surface area contributed by atoms with Crippen molar-refractivity contribution in [1.29, 1.82) is 0 Å². The van der Waals surface area contributed by atoms with Crippen LogP contribution in [0.4, 0.5) is 0 Å². The molecule has 5 heteroatoms. The van der Waals surface area contributed by atoms with Gasteiger partial charge in [-0.25, -0.2) is 0 Å². The maximum Gasteiger partial charge on any atom is 1.00 e. The molecule has 0 saturated carbocycles. The zero-order valence-corrected chi connectivity index (χ0v) is 11.2. The van der Waals surface area contributed by atoms with Crippen LogP contribution in [-0.4, -0.2) is 11.9 Å². The first-order valence-corrected chi connectivity index (χ1v) is 4.35. The second kappa shape index (κ2) is 7.22. The van der Waals surface area contributed by atoms with Crippen molar-refractivity contribution >= 4 is 18.0 Å². The number of aliphatic carboxylic acids is 1. The smallest absolute Gasteiger partial charge is 0.543 e. The zero-order chi connectivity index (χ0) is 11.3. The van der Waals surface area contributed by atoms with E-state index >= 15 is 0 Å². The van der Waals surface area contributed by atoms with Gasteiger partial charge in [0.05, 0.1) is 11.7 Å². The Balaban J connectivity index is 0.00000225. The van der Waals surface area contributed by atoms with E-state index in [-0.39, 0.29) is 35.3 Å². The average molecular weight is 227 g/mol. The van der Waals surface area contributed by atoms with E-state index in [2.05, 4.69) is 5.32 Å². The van der Waals surface area contributed by atoms with Gasteiger partial charge in [0.15, 0.2) is 0 Å². The molecule has 16 heavy (non-hydrogen) atoms. The van der Waals surface area contributed by atoms with Crippen LogP contribution in [0.5, 0.6) is 0 Å². The minimum absolute atomic E-state index is 0. The number of carbonyl (C=O) groups is 2. The summed E-state index contributed by atoms with van der Waals surface area (Å²) in [5.74, 6) is -1.85. The van der Waals surface area contributed by atoms with E-state index < -0.39 is 11.9 Å². The molecule has 1 aromatic carbocycles. The fourth-order valence-electron chi connectivity index (χ4n) is 1.05. The second-order valence-electron chi connectivity index (χ2n) is 2.94. The molecule has 0 radical (unpaired) electrons. The summed E-state index contributed by atoms with van der Waals surface area (Å²) in [4.78, 5) is 21.4. The Morgan fingerprint density at radius 2 is 1.81 bits per heavy atom. The van der Waals surface area contributed by atoms with Crippen LogP contribution in [0.1, 0.15) is 12.5 Å². The molecular weight excluding hydrogens is 217 g/mol. The number of carboxylic acid groups (broad SMARTS) is 1. The van der Waals surface area contributed by atoms with Crippen LogP contribution < -0.4 is 40.0 Å². The third-order valence-corrected chi connectivity index (χ3v) is 1.64. The fourth-order valence-corrected chi connectivity index (χ4v) is 1.05. The number of hydrogen-bond acceptors (Lipinski definition) is 3. The van der Waals surface area contributed by atoms with Gasteiger partial charge in [-0.1, -0.05) is 30.3 Å². The summed E-state index contributed by atoms with van der Waals surface area (Å²) in [6.45, 7) is 1.24. The topological polar surface area (TPSA) is 69.2 Å². The van der Waals surface area contributed by atoms with Crippen LogP contribution in [-0.2, 0) is 9.59 Å². The first-order valence-electron chi connectivity index (χ1n) is 4.35.